The zero-order chi connectivity index (χ0) is 33.3. The molecule has 13 heteroatoms. The number of nitrogens with zero attached hydrogens (tertiary/aromatic N) is 3. The number of benzene rings is 1. The number of rotatable bonds is 11. The van der Waals surface area contributed by atoms with Gasteiger partial charge in [0.25, 0.3) is 0 Å². The number of carbonyl (C=O) groups is 5. The van der Waals surface area contributed by atoms with Gasteiger partial charge in [0.15, 0.2) is 11.8 Å². The molecule has 0 spiro atoms. The van der Waals surface area contributed by atoms with Crippen LogP contribution in [0.4, 0.5) is 4.79 Å². The summed E-state index contributed by atoms with van der Waals surface area (Å²) in [6.07, 6.45) is 1.09. The van der Waals surface area contributed by atoms with Crippen molar-refractivity contribution in [3.8, 4) is 0 Å². The number of nitrogens with one attached hydrogen (secondary N) is 1. The number of ketones is 1. The molecule has 0 bridgehead atoms. The number of Topliss-reactive ketones (excluding diaryl/α,β-unsaturated/α-hetero) is 1. The zero-order valence-corrected chi connectivity index (χ0v) is 27.1. The summed E-state index contributed by atoms with van der Waals surface area (Å²) in [5, 5.41) is 3.29. The van der Waals surface area contributed by atoms with E-state index in [1.807, 2.05) is 20.8 Å². The van der Waals surface area contributed by atoms with E-state index in [2.05, 4.69) is 9.85 Å². The Morgan fingerprint density at radius 1 is 1.00 bits per heavy atom. The minimum absolute atomic E-state index is 0.0161. The average molecular weight is 631 g/mol. The molecule has 3 rings (SSSR count). The first kappa shape index (κ1) is 35.6. The fourth-order valence-corrected chi connectivity index (χ4v) is 5.55. The van der Waals surface area contributed by atoms with Gasteiger partial charge in [-0.3, -0.25) is 14.4 Å². The van der Waals surface area contributed by atoms with E-state index < -0.39 is 41.9 Å². The van der Waals surface area contributed by atoms with Crippen molar-refractivity contribution < 1.29 is 42.9 Å². The predicted molar refractivity (Wildman–Crippen MR) is 161 cm³/mol. The standard InChI is InChI=1S/C32H46N4O9/c1-20(18-26(38)22-9-11-23(12-10-22)27(34-33)29(40)42-6)28(39)35-16-13-25(14-17-35)44-30(43-21(2)37)24-8-7-15-36(19-24)31(41)45-32(3,4)5/h9-12,20,24-25,27,30,33H,7-8,13-19H2,1-6H3/t20-,24?,27?,30?/m1/s1. The largest absolute Gasteiger partial charge is 0.467 e. The van der Waals surface area contributed by atoms with E-state index in [-0.39, 0.29) is 30.1 Å². The quantitative estimate of drug-likeness (QED) is 0.120. The highest BCUT2D eigenvalue weighted by Crippen LogP contribution is 2.28. The van der Waals surface area contributed by atoms with E-state index in [1.165, 1.54) is 14.0 Å². The summed E-state index contributed by atoms with van der Waals surface area (Å²) in [6, 6.07) is 5.12. The predicted octanol–water partition coefficient (Wildman–Crippen LogP) is 4.68. The molecule has 0 saturated carbocycles. The number of piperidine rings is 2. The maximum absolute atomic E-state index is 13.2. The molecule has 0 aromatic heterocycles. The molecule has 13 nitrogen and oxygen atoms in total. The van der Waals surface area contributed by atoms with Crippen LogP contribution in [0.5, 0.6) is 0 Å². The van der Waals surface area contributed by atoms with Crippen molar-refractivity contribution in [3.05, 3.63) is 35.4 Å². The van der Waals surface area contributed by atoms with Crippen LogP contribution in [-0.2, 0) is 33.3 Å². The lowest BCUT2D eigenvalue weighted by atomic mass is 9.95. The van der Waals surface area contributed by atoms with Crippen LogP contribution >= 0.6 is 0 Å². The van der Waals surface area contributed by atoms with E-state index in [4.69, 9.17) is 19.7 Å². The van der Waals surface area contributed by atoms with Gasteiger partial charge in [0.05, 0.1) is 13.2 Å². The highest BCUT2D eigenvalue weighted by molar-refractivity contribution is 5.98. The van der Waals surface area contributed by atoms with Crippen molar-refractivity contribution in [1.82, 2.24) is 9.80 Å². The maximum Gasteiger partial charge on any atom is 0.410 e. The topological polar surface area (TPSA) is 165 Å². The Labute approximate surface area is 264 Å². The summed E-state index contributed by atoms with van der Waals surface area (Å²) >= 11 is 0. The molecule has 4 atom stereocenters. The molecular formula is C32H46N4O9. The number of carbonyl (C=O) groups excluding carboxylic acids is 5. The first-order chi connectivity index (χ1) is 21.2. The maximum atomic E-state index is 13.2. The van der Waals surface area contributed by atoms with Crippen molar-refractivity contribution in [1.29, 1.82) is 5.53 Å². The Bertz CT molecular complexity index is 1220. The van der Waals surface area contributed by atoms with Crippen LogP contribution in [-0.4, -0.2) is 90.8 Å². The molecule has 2 aliphatic heterocycles. The number of hydrogen-bond acceptors (Lipinski definition) is 11. The van der Waals surface area contributed by atoms with Crippen LogP contribution in [0.2, 0.25) is 0 Å². The molecule has 2 amide bonds. The lowest BCUT2D eigenvalue weighted by molar-refractivity contribution is -0.212. The van der Waals surface area contributed by atoms with Crippen molar-refractivity contribution in [2.45, 2.75) is 90.8 Å². The normalized spacial score (nSPS) is 19.6. The summed E-state index contributed by atoms with van der Waals surface area (Å²) in [7, 11) is 1.21. The van der Waals surface area contributed by atoms with Crippen LogP contribution < -0.4 is 0 Å². The smallest absolute Gasteiger partial charge is 0.410 e. The van der Waals surface area contributed by atoms with Crippen molar-refractivity contribution in [2.75, 3.05) is 33.3 Å². The average Bonchev–Trinajstić information content (AvgIpc) is 3.00. The number of esters is 2. The number of hydrogen-bond donors (Lipinski definition) is 1. The first-order valence-electron chi connectivity index (χ1n) is 15.4. The zero-order valence-electron chi connectivity index (χ0n) is 27.1. The van der Waals surface area contributed by atoms with Gasteiger partial charge in [0, 0.05) is 56.9 Å². The second-order valence-electron chi connectivity index (χ2n) is 12.7. The summed E-state index contributed by atoms with van der Waals surface area (Å²) < 4.78 is 22.0. The number of methoxy groups -OCH3 is 1. The fraction of sp³-hybridized carbons (Fsp3) is 0.656. The molecular weight excluding hydrogens is 584 g/mol. The molecule has 2 aliphatic rings. The molecule has 0 radical (unpaired) electrons. The van der Waals surface area contributed by atoms with Gasteiger partial charge in [-0.1, -0.05) is 31.2 Å². The molecule has 1 N–H and O–H groups in total. The summed E-state index contributed by atoms with van der Waals surface area (Å²) in [4.78, 5) is 65.9. The molecule has 1 aromatic rings. The minimum Gasteiger partial charge on any atom is -0.467 e. The fourth-order valence-electron chi connectivity index (χ4n) is 5.55. The monoisotopic (exact) mass is 630 g/mol. The van der Waals surface area contributed by atoms with Gasteiger partial charge in [0.2, 0.25) is 12.2 Å². The Morgan fingerprint density at radius 2 is 1.64 bits per heavy atom. The summed E-state index contributed by atoms with van der Waals surface area (Å²) in [5.74, 6) is -2.23. The molecule has 2 heterocycles. The van der Waals surface area contributed by atoms with E-state index in [0.717, 1.165) is 12.8 Å². The third kappa shape index (κ3) is 10.3. The molecule has 2 saturated heterocycles. The van der Waals surface area contributed by atoms with Crippen LogP contribution in [0.25, 0.3) is 0 Å². The van der Waals surface area contributed by atoms with Crippen LogP contribution in [0.1, 0.15) is 88.7 Å². The molecule has 248 valence electrons. The Hall–Kier alpha value is -3.87. The third-order valence-electron chi connectivity index (χ3n) is 7.87. The van der Waals surface area contributed by atoms with Gasteiger partial charge in [0.1, 0.15) is 5.60 Å². The Kier molecular flexibility index (Phi) is 12.6. The second kappa shape index (κ2) is 15.9. The highest BCUT2D eigenvalue weighted by Gasteiger charge is 2.36. The number of likely N-dealkylation sites (tertiary alicyclic amines) is 2. The van der Waals surface area contributed by atoms with Gasteiger partial charge < -0.3 is 28.7 Å². The number of amides is 2. The summed E-state index contributed by atoms with van der Waals surface area (Å²) in [6.45, 7) is 10.3. The molecule has 0 aliphatic carbocycles. The van der Waals surface area contributed by atoms with Gasteiger partial charge in [-0.05, 0) is 52.0 Å². The van der Waals surface area contributed by atoms with Gasteiger partial charge in [-0.25, -0.2) is 15.1 Å². The van der Waals surface area contributed by atoms with Crippen molar-refractivity contribution >= 4 is 29.7 Å². The molecule has 1 aromatic carbocycles. The second-order valence-corrected chi connectivity index (χ2v) is 12.7. The van der Waals surface area contributed by atoms with Crippen LogP contribution in [0.3, 0.4) is 0 Å². The first-order valence-corrected chi connectivity index (χ1v) is 15.4. The van der Waals surface area contributed by atoms with Gasteiger partial charge in [-0.15, -0.1) is 0 Å². The summed E-state index contributed by atoms with van der Waals surface area (Å²) in [5.41, 5.74) is 7.45. The van der Waals surface area contributed by atoms with Gasteiger partial charge in [-0.2, -0.15) is 5.11 Å². The van der Waals surface area contributed by atoms with Crippen molar-refractivity contribution in [2.24, 2.45) is 17.0 Å². The van der Waals surface area contributed by atoms with Crippen LogP contribution in [0, 0.1) is 17.4 Å². The van der Waals surface area contributed by atoms with Crippen LogP contribution in [0.15, 0.2) is 29.4 Å². The lowest BCUT2D eigenvalue weighted by Crippen LogP contribution is -2.49. The Morgan fingerprint density at radius 3 is 2.20 bits per heavy atom. The van der Waals surface area contributed by atoms with E-state index in [1.54, 1.807) is 41.0 Å². The SMILES string of the molecule is COC(=O)C(N=N)c1ccc(C(=O)C[C@@H](C)C(=O)N2CCC(OC(OC(C)=O)C3CCCN(C(=O)OC(C)(C)C)C3)CC2)cc1. The third-order valence-corrected chi connectivity index (χ3v) is 7.87. The number of ether oxygens (including phenoxy) is 4. The van der Waals surface area contributed by atoms with Crippen molar-refractivity contribution in [3.63, 3.8) is 0 Å². The van der Waals surface area contributed by atoms with E-state index in [0.29, 0.717) is 50.1 Å². The van der Waals surface area contributed by atoms with E-state index in [9.17, 15) is 24.0 Å². The molecule has 3 unspecified atom stereocenters. The molecule has 2 fully saturated rings. The molecule has 45 heavy (non-hydrogen) atoms. The minimum atomic E-state index is -1.09. The van der Waals surface area contributed by atoms with E-state index >= 15 is 0 Å². The van der Waals surface area contributed by atoms with Gasteiger partial charge >= 0.3 is 18.0 Å². The highest BCUT2D eigenvalue weighted by atomic mass is 16.7. The Balaban J connectivity index is 1.52. The lowest BCUT2D eigenvalue weighted by Gasteiger charge is -2.39.